The van der Waals surface area contributed by atoms with E-state index in [1.165, 1.54) is 55.9 Å². The van der Waals surface area contributed by atoms with E-state index in [-0.39, 0.29) is 0 Å². The molecular formula is C16H28N2O2. The average molecular weight is 280 g/mol. The zero-order chi connectivity index (χ0) is 14.8. The number of nitrogens with zero attached hydrogens (tertiary/aromatic N) is 2. The zero-order valence-electron chi connectivity index (χ0n) is 12.9. The summed E-state index contributed by atoms with van der Waals surface area (Å²) in [5, 5.41) is 8.93. The second-order valence-electron chi connectivity index (χ2n) is 5.51. The van der Waals surface area contributed by atoms with Crippen LogP contribution >= 0.6 is 0 Å². The van der Waals surface area contributed by atoms with Crippen LogP contribution in [0.5, 0.6) is 0 Å². The largest absolute Gasteiger partial charge is 0.464 e. The summed E-state index contributed by atoms with van der Waals surface area (Å²) in [5.74, 6) is 0.559. The van der Waals surface area contributed by atoms with Gasteiger partial charge in [-0.1, -0.05) is 58.3 Å². The van der Waals surface area contributed by atoms with Gasteiger partial charge >= 0.3 is 6.09 Å². The maximum absolute atomic E-state index is 10.9. The minimum atomic E-state index is -0.951. The zero-order valence-corrected chi connectivity index (χ0v) is 12.9. The molecule has 0 unspecified atom stereocenters. The van der Waals surface area contributed by atoms with E-state index >= 15 is 0 Å². The molecular weight excluding hydrogens is 252 g/mol. The molecule has 0 saturated heterocycles. The Bertz CT molecular complexity index is 399. The Morgan fingerprint density at radius 3 is 2.15 bits per heavy atom. The minimum absolute atomic E-state index is 0.559. The first-order chi connectivity index (χ1) is 9.65. The standard InChI is InChI=1S/C16H28N2O2/c1-3-4-5-6-7-8-9-10-11-12-15-13-18(16(19)20)14(2)17-15/h13H,3-12H2,1-2H3,(H,19,20). The molecule has 0 fully saturated rings. The van der Waals surface area contributed by atoms with E-state index in [2.05, 4.69) is 11.9 Å². The normalized spacial score (nSPS) is 10.9. The summed E-state index contributed by atoms with van der Waals surface area (Å²) in [5.41, 5.74) is 0.896. The van der Waals surface area contributed by atoms with Crippen molar-refractivity contribution in [1.82, 2.24) is 9.55 Å². The molecule has 4 heteroatoms. The van der Waals surface area contributed by atoms with E-state index in [4.69, 9.17) is 5.11 Å². The molecule has 0 aliphatic rings. The van der Waals surface area contributed by atoms with Gasteiger partial charge in [0.1, 0.15) is 5.82 Å². The Balaban J connectivity index is 2.07. The highest BCUT2D eigenvalue weighted by molar-refractivity contribution is 5.68. The van der Waals surface area contributed by atoms with Gasteiger partial charge in [-0.25, -0.2) is 14.3 Å². The van der Waals surface area contributed by atoms with Crippen molar-refractivity contribution in [3.8, 4) is 0 Å². The smallest absolute Gasteiger partial charge is 0.416 e. The van der Waals surface area contributed by atoms with Crippen molar-refractivity contribution in [3.05, 3.63) is 17.7 Å². The third-order valence-electron chi connectivity index (χ3n) is 3.67. The Hall–Kier alpha value is -1.32. The summed E-state index contributed by atoms with van der Waals surface area (Å²) in [4.78, 5) is 15.2. The van der Waals surface area contributed by atoms with Gasteiger partial charge in [0.05, 0.1) is 5.69 Å². The number of aromatic nitrogens is 2. The molecule has 1 N–H and O–H groups in total. The van der Waals surface area contributed by atoms with E-state index in [9.17, 15) is 4.79 Å². The fraction of sp³-hybridized carbons (Fsp3) is 0.750. The van der Waals surface area contributed by atoms with Gasteiger partial charge in [-0.05, 0) is 19.8 Å². The fourth-order valence-corrected chi connectivity index (χ4v) is 2.46. The highest BCUT2D eigenvalue weighted by atomic mass is 16.4. The molecule has 0 spiro atoms. The fourth-order valence-electron chi connectivity index (χ4n) is 2.46. The monoisotopic (exact) mass is 280 g/mol. The first-order valence-electron chi connectivity index (χ1n) is 7.93. The molecule has 114 valence electrons. The van der Waals surface area contributed by atoms with Crippen LogP contribution in [0.3, 0.4) is 0 Å². The van der Waals surface area contributed by atoms with Gasteiger partial charge in [0, 0.05) is 6.20 Å². The van der Waals surface area contributed by atoms with Crippen molar-refractivity contribution in [1.29, 1.82) is 0 Å². The highest BCUT2D eigenvalue weighted by Crippen LogP contribution is 2.12. The number of carboxylic acid groups (broad SMARTS) is 1. The van der Waals surface area contributed by atoms with Gasteiger partial charge in [-0.3, -0.25) is 0 Å². The van der Waals surface area contributed by atoms with Gasteiger partial charge in [0.15, 0.2) is 0 Å². The predicted octanol–water partition coefficient (Wildman–Crippen LogP) is 4.79. The lowest BCUT2D eigenvalue weighted by Gasteiger charge is -2.01. The molecule has 1 rings (SSSR count). The number of carbonyl (C=O) groups is 1. The van der Waals surface area contributed by atoms with Crippen LogP contribution in [-0.2, 0) is 6.42 Å². The summed E-state index contributed by atoms with van der Waals surface area (Å²) in [6, 6.07) is 0. The maximum atomic E-state index is 10.9. The molecule has 0 radical (unpaired) electrons. The van der Waals surface area contributed by atoms with E-state index in [0.29, 0.717) is 5.82 Å². The Morgan fingerprint density at radius 1 is 1.10 bits per heavy atom. The minimum Gasteiger partial charge on any atom is -0.464 e. The second-order valence-corrected chi connectivity index (χ2v) is 5.51. The number of rotatable bonds is 10. The number of hydrogen-bond acceptors (Lipinski definition) is 2. The lowest BCUT2D eigenvalue weighted by Crippen LogP contribution is -2.07. The molecule has 0 aliphatic carbocycles. The van der Waals surface area contributed by atoms with Crippen molar-refractivity contribution in [2.24, 2.45) is 0 Å². The van der Waals surface area contributed by atoms with Crippen LogP contribution in [0.2, 0.25) is 0 Å². The third kappa shape index (κ3) is 6.22. The predicted molar refractivity (Wildman–Crippen MR) is 81.3 cm³/mol. The summed E-state index contributed by atoms with van der Waals surface area (Å²) >= 11 is 0. The van der Waals surface area contributed by atoms with E-state index in [1.54, 1.807) is 13.1 Å². The van der Waals surface area contributed by atoms with Gasteiger partial charge in [0.25, 0.3) is 0 Å². The summed E-state index contributed by atoms with van der Waals surface area (Å²) in [7, 11) is 0. The highest BCUT2D eigenvalue weighted by Gasteiger charge is 2.08. The van der Waals surface area contributed by atoms with Crippen LogP contribution in [0.4, 0.5) is 4.79 Å². The van der Waals surface area contributed by atoms with Gasteiger partial charge in [-0.2, -0.15) is 0 Å². The first kappa shape index (κ1) is 16.7. The van der Waals surface area contributed by atoms with Crippen molar-refractivity contribution in [2.45, 2.75) is 78.1 Å². The maximum Gasteiger partial charge on any atom is 0.416 e. The van der Waals surface area contributed by atoms with Gasteiger partial charge < -0.3 is 5.11 Å². The molecule has 0 amide bonds. The molecule has 1 aromatic rings. The van der Waals surface area contributed by atoms with E-state index in [0.717, 1.165) is 18.5 Å². The molecule has 20 heavy (non-hydrogen) atoms. The molecule has 0 saturated carbocycles. The molecule has 1 aromatic heterocycles. The average Bonchev–Trinajstić information content (AvgIpc) is 2.78. The number of unbranched alkanes of at least 4 members (excludes halogenated alkanes) is 8. The van der Waals surface area contributed by atoms with Crippen molar-refractivity contribution >= 4 is 6.09 Å². The molecule has 1 heterocycles. The summed E-state index contributed by atoms with van der Waals surface area (Å²) in [6.07, 6.45) is 13.3. The number of aryl methyl sites for hydroxylation is 2. The van der Waals surface area contributed by atoms with Crippen LogP contribution in [-0.4, -0.2) is 20.8 Å². The first-order valence-corrected chi connectivity index (χ1v) is 7.93. The van der Waals surface area contributed by atoms with Gasteiger partial charge in [0.2, 0.25) is 0 Å². The molecule has 0 bridgehead atoms. The van der Waals surface area contributed by atoms with Crippen LogP contribution in [0.25, 0.3) is 0 Å². The SMILES string of the molecule is CCCCCCCCCCCc1cn(C(=O)O)c(C)n1. The van der Waals surface area contributed by atoms with Crippen molar-refractivity contribution in [3.63, 3.8) is 0 Å². The lowest BCUT2D eigenvalue weighted by atomic mass is 10.1. The molecule has 0 atom stereocenters. The molecule has 0 aliphatic heterocycles. The van der Waals surface area contributed by atoms with Crippen molar-refractivity contribution in [2.75, 3.05) is 0 Å². The van der Waals surface area contributed by atoms with Crippen LogP contribution < -0.4 is 0 Å². The second kappa shape index (κ2) is 9.56. The topological polar surface area (TPSA) is 55.1 Å². The molecule has 0 aromatic carbocycles. The Morgan fingerprint density at radius 2 is 1.65 bits per heavy atom. The Kier molecular flexibility index (Phi) is 8.00. The number of hydrogen-bond donors (Lipinski definition) is 1. The quantitative estimate of drug-likeness (QED) is 0.627. The number of imidazole rings is 1. The Labute approximate surface area is 122 Å². The summed E-state index contributed by atoms with van der Waals surface area (Å²) < 4.78 is 1.20. The van der Waals surface area contributed by atoms with E-state index in [1.807, 2.05) is 0 Å². The molecule has 4 nitrogen and oxygen atoms in total. The van der Waals surface area contributed by atoms with Crippen molar-refractivity contribution < 1.29 is 9.90 Å². The third-order valence-corrected chi connectivity index (χ3v) is 3.67. The van der Waals surface area contributed by atoms with Crippen LogP contribution in [0.1, 0.15) is 76.2 Å². The lowest BCUT2D eigenvalue weighted by molar-refractivity contribution is 0.195. The summed E-state index contributed by atoms with van der Waals surface area (Å²) in [6.45, 7) is 3.97. The van der Waals surface area contributed by atoms with Crippen LogP contribution in [0, 0.1) is 6.92 Å². The van der Waals surface area contributed by atoms with E-state index < -0.39 is 6.09 Å². The van der Waals surface area contributed by atoms with Crippen LogP contribution in [0.15, 0.2) is 6.20 Å². The van der Waals surface area contributed by atoms with Gasteiger partial charge in [-0.15, -0.1) is 0 Å².